The molecule has 14 heavy (non-hydrogen) atoms. The summed E-state index contributed by atoms with van der Waals surface area (Å²) in [5.41, 5.74) is 4.92. The molecule has 4 heteroatoms. The molecule has 0 saturated heterocycles. The molecule has 0 aliphatic heterocycles. The Hall–Kier alpha value is -1.60. The molecule has 0 unspecified atom stereocenters. The van der Waals surface area contributed by atoms with Gasteiger partial charge in [-0.3, -0.25) is 0 Å². The van der Waals surface area contributed by atoms with Crippen molar-refractivity contribution in [1.29, 1.82) is 0 Å². The van der Waals surface area contributed by atoms with Gasteiger partial charge < -0.3 is 10.8 Å². The van der Waals surface area contributed by atoms with Gasteiger partial charge in [-0.2, -0.15) is 0 Å². The van der Waals surface area contributed by atoms with E-state index in [1.165, 1.54) is 0 Å². The van der Waals surface area contributed by atoms with Gasteiger partial charge in [0.15, 0.2) is 0 Å². The van der Waals surface area contributed by atoms with Crippen LogP contribution in [0.2, 0.25) is 0 Å². The number of halogens is 2. The summed E-state index contributed by atoms with van der Waals surface area (Å²) in [6.45, 7) is -0.134. The highest BCUT2D eigenvalue weighted by molar-refractivity contribution is 5.47. The smallest absolute Gasteiger partial charge is 0.143 e. The number of aliphatic hydroxyl groups is 1. The van der Waals surface area contributed by atoms with E-state index in [0.717, 1.165) is 12.1 Å². The summed E-state index contributed by atoms with van der Waals surface area (Å²) in [5, 5.41) is 8.42. The Bertz CT molecular complexity index is 370. The van der Waals surface area contributed by atoms with Crippen LogP contribution in [0.25, 0.3) is 0 Å². The van der Waals surface area contributed by atoms with Gasteiger partial charge in [0.25, 0.3) is 0 Å². The molecule has 1 rings (SSSR count). The van der Waals surface area contributed by atoms with E-state index in [0.29, 0.717) is 0 Å². The third-order valence-corrected chi connectivity index (χ3v) is 1.51. The van der Waals surface area contributed by atoms with Gasteiger partial charge in [-0.25, -0.2) is 8.78 Å². The number of hydrogen-bond donors (Lipinski definition) is 2. The summed E-state index contributed by atoms with van der Waals surface area (Å²) >= 11 is 0. The van der Waals surface area contributed by atoms with E-state index in [1.54, 1.807) is 0 Å². The number of benzene rings is 1. The Morgan fingerprint density at radius 1 is 1.29 bits per heavy atom. The largest absolute Gasteiger partial charge is 0.399 e. The molecule has 3 N–H and O–H groups in total. The second-order valence-corrected chi connectivity index (χ2v) is 2.63. The number of nitrogens with two attached hydrogens (primary N) is 1. The first kappa shape index (κ1) is 10.5. The molecule has 1 aromatic rings. The molecule has 0 bridgehead atoms. The van der Waals surface area contributed by atoms with Crippen molar-refractivity contribution in [3.8, 4) is 11.8 Å². The fraction of sp³-hybridized carbons (Fsp3) is 0.200. The van der Waals surface area contributed by atoms with Crippen LogP contribution in [0, 0.1) is 23.5 Å². The lowest BCUT2D eigenvalue weighted by Crippen LogP contribution is -1.94. The molecule has 0 heterocycles. The minimum Gasteiger partial charge on any atom is -0.399 e. The van der Waals surface area contributed by atoms with E-state index in [1.807, 2.05) is 0 Å². The zero-order chi connectivity index (χ0) is 10.6. The van der Waals surface area contributed by atoms with Gasteiger partial charge in [0.2, 0.25) is 0 Å². The summed E-state index contributed by atoms with van der Waals surface area (Å²) in [6, 6.07) is 2.01. The molecule has 0 amide bonds. The zero-order valence-corrected chi connectivity index (χ0v) is 7.35. The summed E-state index contributed by atoms with van der Waals surface area (Å²) < 4.78 is 26.1. The van der Waals surface area contributed by atoms with Crippen molar-refractivity contribution in [1.82, 2.24) is 0 Å². The molecule has 0 spiro atoms. The molecule has 1 aromatic carbocycles. The van der Waals surface area contributed by atoms with Crippen LogP contribution in [0.4, 0.5) is 14.5 Å². The lowest BCUT2D eigenvalue weighted by molar-refractivity contribution is 0.305. The number of hydrogen-bond acceptors (Lipinski definition) is 2. The van der Waals surface area contributed by atoms with Gasteiger partial charge in [0.05, 0.1) is 12.2 Å². The van der Waals surface area contributed by atoms with E-state index >= 15 is 0 Å². The number of anilines is 1. The van der Waals surface area contributed by atoms with Crippen molar-refractivity contribution in [2.45, 2.75) is 6.42 Å². The maximum atomic E-state index is 13.1. The van der Waals surface area contributed by atoms with Crippen LogP contribution in [0.15, 0.2) is 12.1 Å². The highest BCUT2D eigenvalue weighted by Crippen LogP contribution is 2.15. The summed E-state index contributed by atoms with van der Waals surface area (Å²) in [4.78, 5) is 0. The quantitative estimate of drug-likeness (QED) is 0.526. The number of aliphatic hydroxyl groups excluding tert-OH is 1. The van der Waals surface area contributed by atoms with Crippen LogP contribution in [-0.2, 0) is 0 Å². The molecular weight excluding hydrogens is 188 g/mol. The fourth-order valence-corrected chi connectivity index (χ4v) is 0.919. The number of nitrogen functional groups attached to an aromatic ring is 1. The summed E-state index contributed by atoms with van der Waals surface area (Å²) in [7, 11) is 0. The molecule has 0 radical (unpaired) electrons. The maximum absolute atomic E-state index is 13.1. The molecule has 0 atom stereocenters. The van der Waals surface area contributed by atoms with Gasteiger partial charge in [-0.15, -0.1) is 0 Å². The molecule has 2 nitrogen and oxygen atoms in total. The Labute approximate surface area is 80.4 Å². The van der Waals surface area contributed by atoms with Gasteiger partial charge in [-0.1, -0.05) is 11.8 Å². The lowest BCUT2D eigenvalue weighted by Gasteiger charge is -1.98. The van der Waals surface area contributed by atoms with Crippen molar-refractivity contribution in [2.75, 3.05) is 12.3 Å². The first-order valence-corrected chi connectivity index (χ1v) is 3.99. The molecular formula is C10H9F2NO. The monoisotopic (exact) mass is 197 g/mol. The second-order valence-electron chi connectivity index (χ2n) is 2.63. The van der Waals surface area contributed by atoms with Crippen molar-refractivity contribution in [3.63, 3.8) is 0 Å². The highest BCUT2D eigenvalue weighted by atomic mass is 19.1. The minimum atomic E-state index is -0.784. The van der Waals surface area contributed by atoms with Crippen molar-refractivity contribution < 1.29 is 13.9 Å². The first-order chi connectivity index (χ1) is 6.65. The third kappa shape index (κ3) is 2.44. The molecule has 0 aliphatic rings. The second kappa shape index (κ2) is 4.58. The van der Waals surface area contributed by atoms with Crippen LogP contribution in [-0.4, -0.2) is 11.7 Å². The van der Waals surface area contributed by atoms with Gasteiger partial charge in [-0.05, 0) is 12.1 Å². The third-order valence-electron chi connectivity index (χ3n) is 1.51. The van der Waals surface area contributed by atoms with Gasteiger partial charge in [0, 0.05) is 12.1 Å². The maximum Gasteiger partial charge on any atom is 0.143 e. The number of rotatable bonds is 1. The van der Waals surface area contributed by atoms with E-state index in [-0.39, 0.29) is 24.3 Å². The Morgan fingerprint density at radius 2 is 1.86 bits per heavy atom. The first-order valence-electron chi connectivity index (χ1n) is 3.99. The molecule has 74 valence electrons. The lowest BCUT2D eigenvalue weighted by atomic mass is 10.2. The van der Waals surface area contributed by atoms with Crippen molar-refractivity contribution >= 4 is 5.69 Å². The van der Waals surface area contributed by atoms with E-state index in [4.69, 9.17) is 10.8 Å². The zero-order valence-electron chi connectivity index (χ0n) is 7.35. The normalized spacial score (nSPS) is 9.36. The molecule has 0 fully saturated rings. The van der Waals surface area contributed by atoms with Crippen LogP contribution in [0.3, 0.4) is 0 Å². The summed E-state index contributed by atoms with van der Waals surface area (Å²) in [5.74, 6) is 3.16. The molecule has 0 aliphatic carbocycles. The Morgan fingerprint density at radius 3 is 2.36 bits per heavy atom. The van der Waals surface area contributed by atoms with Gasteiger partial charge in [0.1, 0.15) is 11.6 Å². The standard InChI is InChI=1S/C10H9F2NO/c11-9-5-7(13)6-10(12)8(9)3-1-2-4-14/h5-6,14H,2,4,13H2. The predicted octanol–water partition coefficient (Wildman–Crippen LogP) is 1.28. The SMILES string of the molecule is Nc1cc(F)c(C#CCCO)c(F)c1. The van der Waals surface area contributed by atoms with E-state index in [2.05, 4.69) is 11.8 Å². The van der Waals surface area contributed by atoms with Crippen LogP contribution < -0.4 is 5.73 Å². The molecule has 0 aromatic heterocycles. The highest BCUT2D eigenvalue weighted by Gasteiger charge is 2.06. The average Bonchev–Trinajstić information content (AvgIpc) is 2.09. The minimum absolute atomic E-state index is 0.0210. The van der Waals surface area contributed by atoms with Crippen LogP contribution in [0.1, 0.15) is 12.0 Å². The van der Waals surface area contributed by atoms with E-state index < -0.39 is 11.6 Å². The fourth-order valence-electron chi connectivity index (χ4n) is 0.919. The topological polar surface area (TPSA) is 46.2 Å². The average molecular weight is 197 g/mol. The van der Waals surface area contributed by atoms with Crippen molar-refractivity contribution in [2.24, 2.45) is 0 Å². The van der Waals surface area contributed by atoms with E-state index in [9.17, 15) is 8.78 Å². The van der Waals surface area contributed by atoms with Crippen LogP contribution in [0.5, 0.6) is 0 Å². The Kier molecular flexibility index (Phi) is 3.43. The Balaban J connectivity index is 3.04. The summed E-state index contributed by atoms with van der Waals surface area (Å²) in [6.07, 6.45) is 0.184. The van der Waals surface area contributed by atoms with Crippen molar-refractivity contribution in [3.05, 3.63) is 29.3 Å². The predicted molar refractivity (Wildman–Crippen MR) is 49.4 cm³/mol. The molecule has 0 saturated carbocycles. The van der Waals surface area contributed by atoms with Crippen LogP contribution >= 0.6 is 0 Å². The van der Waals surface area contributed by atoms with Gasteiger partial charge >= 0.3 is 0 Å².